The maximum Gasteiger partial charge on any atom is 0.242 e. The fraction of sp³-hybridized carbons (Fsp3) is 0.357. The van der Waals surface area contributed by atoms with Gasteiger partial charge in [0.2, 0.25) is 10.0 Å². The Kier molecular flexibility index (Phi) is 4.34. The SMILES string of the molecule is Cc1ccc(C)c(S(=O)(=O)NCCc2nccn2C)c1N. The minimum Gasteiger partial charge on any atom is -0.397 e. The molecule has 2 rings (SSSR count). The third-order valence-corrected chi connectivity index (χ3v) is 5.10. The lowest BCUT2D eigenvalue weighted by atomic mass is 10.1. The van der Waals surface area contributed by atoms with Gasteiger partial charge in [-0.1, -0.05) is 12.1 Å². The molecule has 1 heterocycles. The number of nitrogens with two attached hydrogens (primary N) is 1. The molecule has 6 nitrogen and oxygen atoms in total. The zero-order valence-electron chi connectivity index (χ0n) is 12.4. The Hall–Kier alpha value is -1.86. The van der Waals surface area contributed by atoms with Crippen LogP contribution in [0.1, 0.15) is 17.0 Å². The fourth-order valence-corrected chi connectivity index (χ4v) is 3.63. The van der Waals surface area contributed by atoms with Gasteiger partial charge in [0.05, 0.1) is 5.69 Å². The molecule has 0 amide bonds. The largest absolute Gasteiger partial charge is 0.397 e. The van der Waals surface area contributed by atoms with E-state index in [-0.39, 0.29) is 11.4 Å². The molecule has 0 spiro atoms. The molecular formula is C14H20N4O2S. The minimum absolute atomic E-state index is 0.169. The molecule has 0 bridgehead atoms. The van der Waals surface area contributed by atoms with Crippen molar-refractivity contribution in [3.63, 3.8) is 0 Å². The van der Waals surface area contributed by atoms with Crippen LogP contribution in [0.3, 0.4) is 0 Å². The summed E-state index contributed by atoms with van der Waals surface area (Å²) in [5.41, 5.74) is 7.63. The number of aryl methyl sites for hydroxylation is 3. The number of benzene rings is 1. The molecule has 0 saturated carbocycles. The Bertz CT molecular complexity index is 750. The topological polar surface area (TPSA) is 90.0 Å². The second kappa shape index (κ2) is 5.87. The predicted octanol–water partition coefficient (Wildman–Crippen LogP) is 1.14. The Morgan fingerprint density at radius 3 is 2.57 bits per heavy atom. The van der Waals surface area contributed by atoms with Gasteiger partial charge < -0.3 is 10.3 Å². The zero-order valence-corrected chi connectivity index (χ0v) is 13.2. The van der Waals surface area contributed by atoms with Crippen LogP contribution in [-0.2, 0) is 23.5 Å². The molecular weight excluding hydrogens is 288 g/mol. The van der Waals surface area contributed by atoms with Crippen molar-refractivity contribution in [1.29, 1.82) is 0 Å². The molecule has 3 N–H and O–H groups in total. The van der Waals surface area contributed by atoms with E-state index in [1.165, 1.54) is 0 Å². The van der Waals surface area contributed by atoms with Crippen molar-refractivity contribution in [3.05, 3.63) is 41.5 Å². The van der Waals surface area contributed by atoms with Gasteiger partial charge in [-0.15, -0.1) is 0 Å². The van der Waals surface area contributed by atoms with Crippen LogP contribution in [0.5, 0.6) is 0 Å². The van der Waals surface area contributed by atoms with Gasteiger partial charge in [-0.3, -0.25) is 0 Å². The number of imidazole rings is 1. The number of hydrogen-bond donors (Lipinski definition) is 2. The molecule has 0 radical (unpaired) electrons. The molecule has 0 unspecified atom stereocenters. The third kappa shape index (κ3) is 3.25. The molecule has 7 heteroatoms. The van der Waals surface area contributed by atoms with Crippen LogP contribution in [0.2, 0.25) is 0 Å². The molecule has 0 saturated heterocycles. The number of nitrogens with zero attached hydrogens (tertiary/aromatic N) is 2. The van der Waals surface area contributed by atoms with Gasteiger partial charge in [0.25, 0.3) is 0 Å². The summed E-state index contributed by atoms with van der Waals surface area (Å²) < 4.78 is 29.3. The lowest BCUT2D eigenvalue weighted by Crippen LogP contribution is -2.28. The lowest BCUT2D eigenvalue weighted by molar-refractivity contribution is 0.580. The fourth-order valence-electron chi connectivity index (χ4n) is 2.17. The smallest absolute Gasteiger partial charge is 0.242 e. The number of nitrogen functional groups attached to an aromatic ring is 1. The van der Waals surface area contributed by atoms with Crippen molar-refractivity contribution in [2.75, 3.05) is 12.3 Å². The quantitative estimate of drug-likeness (QED) is 0.811. The van der Waals surface area contributed by atoms with E-state index in [1.807, 2.05) is 23.9 Å². The van der Waals surface area contributed by atoms with Crippen molar-refractivity contribution >= 4 is 15.7 Å². The van der Waals surface area contributed by atoms with Crippen molar-refractivity contribution in [2.24, 2.45) is 7.05 Å². The standard InChI is InChI=1S/C14H20N4O2S/c1-10-4-5-11(2)14(13(10)15)21(19,20)17-7-6-12-16-8-9-18(12)3/h4-5,8-9,17H,6-7,15H2,1-3H3. The van der Waals surface area contributed by atoms with Crippen molar-refractivity contribution in [2.45, 2.75) is 25.2 Å². The summed E-state index contributed by atoms with van der Waals surface area (Å²) in [7, 11) is -1.75. The van der Waals surface area contributed by atoms with Gasteiger partial charge >= 0.3 is 0 Å². The Balaban J connectivity index is 2.16. The summed E-state index contributed by atoms with van der Waals surface area (Å²) in [4.78, 5) is 4.33. The second-order valence-corrected chi connectivity index (χ2v) is 6.75. The minimum atomic E-state index is -3.62. The number of rotatable bonds is 5. The van der Waals surface area contributed by atoms with Crippen molar-refractivity contribution < 1.29 is 8.42 Å². The van der Waals surface area contributed by atoms with E-state index in [1.54, 1.807) is 26.1 Å². The highest BCUT2D eigenvalue weighted by molar-refractivity contribution is 7.89. The summed E-state index contributed by atoms with van der Waals surface area (Å²) in [6, 6.07) is 3.58. The van der Waals surface area contributed by atoms with E-state index in [9.17, 15) is 8.42 Å². The Morgan fingerprint density at radius 2 is 1.95 bits per heavy atom. The first kappa shape index (κ1) is 15.5. The van der Waals surface area contributed by atoms with Crippen LogP contribution in [-0.4, -0.2) is 24.5 Å². The van der Waals surface area contributed by atoms with Crippen LogP contribution >= 0.6 is 0 Å². The third-order valence-electron chi connectivity index (χ3n) is 3.44. The van der Waals surface area contributed by atoms with Crippen LogP contribution in [0.4, 0.5) is 5.69 Å². The first-order valence-corrected chi connectivity index (χ1v) is 8.13. The van der Waals surface area contributed by atoms with Gasteiger partial charge in [-0.2, -0.15) is 0 Å². The summed E-state index contributed by atoms with van der Waals surface area (Å²) in [6.45, 7) is 3.81. The molecule has 21 heavy (non-hydrogen) atoms. The zero-order chi connectivity index (χ0) is 15.6. The van der Waals surface area contributed by atoms with Gasteiger partial charge in [0.1, 0.15) is 10.7 Å². The predicted molar refractivity (Wildman–Crippen MR) is 82.4 cm³/mol. The molecule has 1 aromatic carbocycles. The molecule has 114 valence electrons. The number of aromatic nitrogens is 2. The average Bonchev–Trinajstić information content (AvgIpc) is 2.80. The molecule has 0 atom stereocenters. The van der Waals surface area contributed by atoms with E-state index in [0.717, 1.165) is 11.4 Å². The molecule has 1 aromatic heterocycles. The first-order chi connectivity index (χ1) is 9.83. The lowest BCUT2D eigenvalue weighted by Gasteiger charge is -2.13. The molecule has 0 fully saturated rings. The van der Waals surface area contributed by atoms with Crippen LogP contribution < -0.4 is 10.5 Å². The van der Waals surface area contributed by atoms with Crippen molar-refractivity contribution in [3.8, 4) is 0 Å². The van der Waals surface area contributed by atoms with Crippen molar-refractivity contribution in [1.82, 2.24) is 14.3 Å². The van der Waals surface area contributed by atoms with Crippen LogP contribution in [0.15, 0.2) is 29.4 Å². The monoisotopic (exact) mass is 308 g/mol. The maximum atomic E-state index is 12.4. The summed E-state index contributed by atoms with van der Waals surface area (Å²) in [5.74, 6) is 0.826. The Morgan fingerprint density at radius 1 is 1.29 bits per heavy atom. The van der Waals surface area contributed by atoms with E-state index in [0.29, 0.717) is 17.7 Å². The summed E-state index contributed by atoms with van der Waals surface area (Å²) >= 11 is 0. The molecule has 0 aliphatic rings. The maximum absolute atomic E-state index is 12.4. The average molecular weight is 308 g/mol. The normalized spacial score (nSPS) is 11.8. The first-order valence-electron chi connectivity index (χ1n) is 6.64. The second-order valence-electron chi connectivity index (χ2n) is 5.04. The number of sulfonamides is 1. The highest BCUT2D eigenvalue weighted by Crippen LogP contribution is 2.25. The van der Waals surface area contributed by atoms with Crippen LogP contribution in [0, 0.1) is 13.8 Å². The number of anilines is 1. The van der Waals surface area contributed by atoms with E-state index < -0.39 is 10.0 Å². The van der Waals surface area contributed by atoms with Gasteiger partial charge in [-0.25, -0.2) is 18.1 Å². The van der Waals surface area contributed by atoms with Gasteiger partial charge in [0.15, 0.2) is 0 Å². The number of hydrogen-bond acceptors (Lipinski definition) is 4. The molecule has 0 aliphatic heterocycles. The Labute approximate surface area is 125 Å². The highest BCUT2D eigenvalue weighted by Gasteiger charge is 2.20. The summed E-state index contributed by atoms with van der Waals surface area (Å²) in [6.07, 6.45) is 4.03. The summed E-state index contributed by atoms with van der Waals surface area (Å²) in [5, 5.41) is 0. The van der Waals surface area contributed by atoms with Gasteiger partial charge in [0, 0.05) is 32.4 Å². The van der Waals surface area contributed by atoms with Gasteiger partial charge in [-0.05, 0) is 25.0 Å². The molecule has 0 aliphatic carbocycles. The number of nitrogens with one attached hydrogen (secondary N) is 1. The van der Waals surface area contributed by atoms with E-state index in [4.69, 9.17) is 5.73 Å². The van der Waals surface area contributed by atoms with E-state index in [2.05, 4.69) is 9.71 Å². The highest BCUT2D eigenvalue weighted by atomic mass is 32.2. The van der Waals surface area contributed by atoms with Crippen LogP contribution in [0.25, 0.3) is 0 Å². The van der Waals surface area contributed by atoms with E-state index >= 15 is 0 Å². The molecule has 2 aromatic rings.